The van der Waals surface area contributed by atoms with Gasteiger partial charge in [-0.05, 0) is 36.3 Å². The summed E-state index contributed by atoms with van der Waals surface area (Å²) in [6, 6.07) is 19.8. The molecule has 2 aliphatic rings. The molecule has 29 heavy (non-hydrogen) atoms. The highest BCUT2D eigenvalue weighted by Gasteiger charge is 2.37. The highest BCUT2D eigenvalue weighted by molar-refractivity contribution is 5.89. The van der Waals surface area contributed by atoms with Crippen molar-refractivity contribution in [3.8, 4) is 0 Å². The lowest BCUT2D eigenvalue weighted by Crippen LogP contribution is -2.57. The van der Waals surface area contributed by atoms with Crippen LogP contribution in [0.1, 0.15) is 24.0 Å². The van der Waals surface area contributed by atoms with Crippen LogP contribution in [0.3, 0.4) is 0 Å². The average Bonchev–Trinajstić information content (AvgIpc) is 2.77. The van der Waals surface area contributed by atoms with Gasteiger partial charge in [0.25, 0.3) is 0 Å². The molecule has 1 atom stereocenters. The van der Waals surface area contributed by atoms with Crippen LogP contribution in [-0.2, 0) is 27.3 Å². The molecule has 152 valence electrons. The molecule has 2 aromatic rings. The molecule has 0 aromatic heterocycles. The fraction of sp³-hybridized carbons (Fsp3) is 0.417. The molecule has 0 saturated carbocycles. The first-order valence-corrected chi connectivity index (χ1v) is 10.4. The Bertz CT molecular complexity index is 817. The predicted molar refractivity (Wildman–Crippen MR) is 111 cm³/mol. The molecule has 0 bridgehead atoms. The third kappa shape index (κ3) is 4.85. The minimum absolute atomic E-state index is 0.0205. The van der Waals surface area contributed by atoms with Crippen LogP contribution in [0.5, 0.6) is 0 Å². The first-order valence-electron chi connectivity index (χ1n) is 10.4. The second-order valence-electron chi connectivity index (χ2n) is 8.00. The average molecular weight is 392 g/mol. The highest BCUT2D eigenvalue weighted by atomic mass is 16.5. The Labute approximate surface area is 172 Å². The second-order valence-corrected chi connectivity index (χ2v) is 8.00. The van der Waals surface area contributed by atoms with E-state index < -0.39 is 6.04 Å². The van der Waals surface area contributed by atoms with Crippen LogP contribution in [0.2, 0.25) is 0 Å². The fourth-order valence-corrected chi connectivity index (χ4v) is 4.30. The lowest BCUT2D eigenvalue weighted by Gasteiger charge is -2.39. The van der Waals surface area contributed by atoms with Crippen molar-refractivity contribution < 1.29 is 14.3 Å². The van der Waals surface area contributed by atoms with Gasteiger partial charge in [-0.2, -0.15) is 0 Å². The molecule has 0 N–H and O–H groups in total. The van der Waals surface area contributed by atoms with Crippen LogP contribution in [0, 0.1) is 5.92 Å². The quantitative estimate of drug-likeness (QED) is 0.786. The smallest absolute Gasteiger partial charge is 0.249 e. The van der Waals surface area contributed by atoms with Crippen molar-refractivity contribution in [1.29, 1.82) is 0 Å². The number of piperidine rings is 1. The van der Waals surface area contributed by atoms with Crippen molar-refractivity contribution in [1.82, 2.24) is 9.80 Å². The molecule has 2 saturated heterocycles. The summed E-state index contributed by atoms with van der Waals surface area (Å²) >= 11 is 0. The maximum Gasteiger partial charge on any atom is 0.249 e. The van der Waals surface area contributed by atoms with Gasteiger partial charge < -0.3 is 14.5 Å². The first-order chi connectivity index (χ1) is 14.2. The molecule has 2 amide bonds. The van der Waals surface area contributed by atoms with E-state index in [-0.39, 0.29) is 25.0 Å². The number of carbonyl (C=O) groups is 2. The van der Waals surface area contributed by atoms with E-state index in [9.17, 15) is 9.59 Å². The summed E-state index contributed by atoms with van der Waals surface area (Å²) < 4.78 is 5.44. The van der Waals surface area contributed by atoms with E-state index in [0.717, 1.165) is 37.9 Å². The molecule has 4 rings (SSSR count). The van der Waals surface area contributed by atoms with Crippen LogP contribution in [0.4, 0.5) is 0 Å². The molecule has 0 radical (unpaired) electrons. The summed E-state index contributed by atoms with van der Waals surface area (Å²) in [4.78, 5) is 29.3. The minimum Gasteiger partial charge on any atom is -0.369 e. The van der Waals surface area contributed by atoms with Gasteiger partial charge in [-0.15, -0.1) is 0 Å². The lowest BCUT2D eigenvalue weighted by atomic mass is 9.90. The molecule has 0 spiro atoms. The van der Waals surface area contributed by atoms with Gasteiger partial charge in [0, 0.05) is 19.6 Å². The summed E-state index contributed by atoms with van der Waals surface area (Å²) in [6.45, 7) is 2.28. The van der Waals surface area contributed by atoms with Crippen LogP contribution < -0.4 is 0 Å². The van der Waals surface area contributed by atoms with Gasteiger partial charge in [-0.3, -0.25) is 9.59 Å². The van der Waals surface area contributed by atoms with Gasteiger partial charge in [0.15, 0.2) is 0 Å². The van der Waals surface area contributed by atoms with Gasteiger partial charge in [0.2, 0.25) is 11.8 Å². The molecule has 2 fully saturated rings. The SMILES string of the molecule is O=C([C@@H]1COCC(=O)N1Cc1ccccc1)N1CCC(Cc2ccccc2)CC1. The zero-order valence-corrected chi connectivity index (χ0v) is 16.7. The van der Waals surface area contributed by atoms with Gasteiger partial charge in [-0.25, -0.2) is 0 Å². The number of nitrogens with zero attached hydrogens (tertiary/aromatic N) is 2. The predicted octanol–water partition coefficient (Wildman–Crippen LogP) is 2.90. The summed E-state index contributed by atoms with van der Waals surface area (Å²) in [5, 5.41) is 0. The van der Waals surface area contributed by atoms with Crippen molar-refractivity contribution in [2.45, 2.75) is 31.8 Å². The number of hydrogen-bond donors (Lipinski definition) is 0. The number of amides is 2. The number of morpholine rings is 1. The maximum absolute atomic E-state index is 13.2. The zero-order chi connectivity index (χ0) is 20.1. The van der Waals surface area contributed by atoms with E-state index in [1.807, 2.05) is 41.3 Å². The lowest BCUT2D eigenvalue weighted by molar-refractivity contribution is -0.160. The molecule has 0 unspecified atom stereocenters. The van der Waals surface area contributed by atoms with Gasteiger partial charge >= 0.3 is 0 Å². The maximum atomic E-state index is 13.2. The zero-order valence-electron chi connectivity index (χ0n) is 16.7. The Balaban J connectivity index is 1.37. The molecule has 5 heteroatoms. The van der Waals surface area contributed by atoms with Crippen molar-refractivity contribution in [3.05, 3.63) is 71.8 Å². The molecule has 0 aliphatic carbocycles. The number of hydrogen-bond acceptors (Lipinski definition) is 3. The molecule has 5 nitrogen and oxygen atoms in total. The van der Waals surface area contributed by atoms with E-state index in [0.29, 0.717) is 12.5 Å². The monoisotopic (exact) mass is 392 g/mol. The number of ether oxygens (including phenoxy) is 1. The third-order valence-corrected chi connectivity index (χ3v) is 5.97. The highest BCUT2D eigenvalue weighted by Crippen LogP contribution is 2.24. The van der Waals surface area contributed by atoms with E-state index >= 15 is 0 Å². The van der Waals surface area contributed by atoms with E-state index in [1.165, 1.54) is 5.56 Å². The summed E-state index contributed by atoms with van der Waals surface area (Å²) in [6.07, 6.45) is 3.07. The Morgan fingerprint density at radius 3 is 2.21 bits per heavy atom. The number of rotatable bonds is 5. The molecule has 2 aromatic carbocycles. The topological polar surface area (TPSA) is 49.9 Å². The van der Waals surface area contributed by atoms with Crippen LogP contribution in [0.15, 0.2) is 60.7 Å². The molecule has 2 aliphatic heterocycles. The molecular formula is C24H28N2O3. The fourth-order valence-electron chi connectivity index (χ4n) is 4.30. The summed E-state index contributed by atoms with van der Waals surface area (Å²) in [5.74, 6) is 0.510. The molecular weight excluding hydrogens is 364 g/mol. The number of benzene rings is 2. The Hall–Kier alpha value is -2.66. The van der Waals surface area contributed by atoms with Crippen molar-refractivity contribution >= 4 is 11.8 Å². The number of likely N-dealkylation sites (tertiary alicyclic amines) is 1. The van der Waals surface area contributed by atoms with Crippen molar-refractivity contribution in [3.63, 3.8) is 0 Å². The Kier molecular flexibility index (Phi) is 6.25. The largest absolute Gasteiger partial charge is 0.369 e. The van der Waals surface area contributed by atoms with Crippen molar-refractivity contribution in [2.24, 2.45) is 5.92 Å². The van der Waals surface area contributed by atoms with Crippen LogP contribution in [-0.4, -0.2) is 54.0 Å². The minimum atomic E-state index is -0.526. The van der Waals surface area contributed by atoms with E-state index in [1.54, 1.807) is 4.90 Å². The van der Waals surface area contributed by atoms with Gasteiger partial charge in [-0.1, -0.05) is 60.7 Å². The van der Waals surface area contributed by atoms with Crippen LogP contribution in [0.25, 0.3) is 0 Å². The summed E-state index contributed by atoms with van der Waals surface area (Å²) in [5.41, 5.74) is 2.39. The number of carbonyl (C=O) groups excluding carboxylic acids is 2. The second kappa shape index (κ2) is 9.23. The molecule has 2 heterocycles. The third-order valence-electron chi connectivity index (χ3n) is 5.97. The Morgan fingerprint density at radius 1 is 0.931 bits per heavy atom. The van der Waals surface area contributed by atoms with Gasteiger partial charge in [0.05, 0.1) is 6.61 Å². The van der Waals surface area contributed by atoms with Gasteiger partial charge in [0.1, 0.15) is 12.6 Å². The van der Waals surface area contributed by atoms with Crippen LogP contribution >= 0.6 is 0 Å². The van der Waals surface area contributed by atoms with E-state index in [4.69, 9.17) is 4.74 Å². The van der Waals surface area contributed by atoms with E-state index in [2.05, 4.69) is 24.3 Å². The van der Waals surface area contributed by atoms with Crippen molar-refractivity contribution in [2.75, 3.05) is 26.3 Å². The summed E-state index contributed by atoms with van der Waals surface area (Å²) in [7, 11) is 0. The first kappa shape index (κ1) is 19.6. The Morgan fingerprint density at radius 2 is 1.55 bits per heavy atom. The normalized spacial score (nSPS) is 20.7. The standard InChI is InChI=1S/C24H28N2O3/c27-23-18-29-17-22(26(23)16-21-9-5-2-6-10-21)24(28)25-13-11-20(12-14-25)15-19-7-3-1-4-8-19/h1-10,20,22H,11-18H2/t22-/m0/s1.